The van der Waals surface area contributed by atoms with Crippen molar-refractivity contribution in [1.29, 1.82) is 0 Å². The van der Waals surface area contributed by atoms with E-state index in [1.807, 2.05) is 6.92 Å². The van der Waals surface area contributed by atoms with Crippen molar-refractivity contribution < 1.29 is 28.5 Å². The van der Waals surface area contributed by atoms with Crippen LogP contribution in [0.4, 0.5) is 4.39 Å². The van der Waals surface area contributed by atoms with Gasteiger partial charge in [-0.1, -0.05) is 13.3 Å². The van der Waals surface area contributed by atoms with Crippen LogP contribution in [0.2, 0.25) is 0 Å². The number of alkyl halides is 1. The zero-order valence-corrected chi connectivity index (χ0v) is 15.8. The van der Waals surface area contributed by atoms with E-state index in [0.717, 1.165) is 6.08 Å². The molecule has 0 fully saturated rings. The molecule has 0 aromatic rings. The van der Waals surface area contributed by atoms with E-state index in [9.17, 15) is 33.7 Å². The Morgan fingerprint density at radius 1 is 1.32 bits per heavy atom. The summed E-state index contributed by atoms with van der Waals surface area (Å²) in [5.74, 6) is -2.12. The summed E-state index contributed by atoms with van der Waals surface area (Å²) in [5, 5.41) is 13.0. The summed E-state index contributed by atoms with van der Waals surface area (Å²) in [6.45, 7) is 0.532. The second-order valence-electron chi connectivity index (χ2n) is 5.94. The van der Waals surface area contributed by atoms with Crippen LogP contribution in [0.5, 0.6) is 0 Å². The third kappa shape index (κ3) is 9.01. The highest BCUT2D eigenvalue weighted by Crippen LogP contribution is 2.09. The highest BCUT2D eigenvalue weighted by molar-refractivity contribution is 5.91. The lowest BCUT2D eigenvalue weighted by Crippen LogP contribution is -2.50. The molecule has 2 unspecified atom stereocenters. The largest absolute Gasteiger partial charge is 0.370 e. The zero-order valence-electron chi connectivity index (χ0n) is 15.8. The molecule has 0 aromatic carbocycles. The number of nitro groups is 1. The van der Waals surface area contributed by atoms with Crippen LogP contribution in [0.25, 0.3) is 0 Å². The normalized spacial score (nSPS) is 13.6. The van der Waals surface area contributed by atoms with Crippen molar-refractivity contribution in [2.75, 3.05) is 13.7 Å². The Hall–Kier alpha value is -3.11. The van der Waals surface area contributed by atoms with E-state index in [2.05, 4.69) is 5.32 Å². The standard InChI is InChI=1S/C17H25FN4O6/c1-3-5-14(21(2)9-4-6-12(11-23)22(27)28)17(26)20-13(15(24)10-18)7-8-16(19)25/h4,6,9,11,13-14H,3,5,7-8,10H2,1-2H3,(H2,19,25)(H,20,26)/b9-4-,12-6+. The number of hydrogen-bond acceptors (Lipinski definition) is 7. The monoisotopic (exact) mass is 400 g/mol. The van der Waals surface area contributed by atoms with E-state index in [1.54, 1.807) is 0 Å². The smallest absolute Gasteiger partial charge is 0.308 e. The van der Waals surface area contributed by atoms with E-state index in [4.69, 9.17) is 5.73 Å². The molecule has 2 atom stereocenters. The molecule has 3 N–H and O–H groups in total. The molecular weight excluding hydrogens is 375 g/mol. The minimum absolute atomic E-state index is 0.0898. The molecular formula is C17H25FN4O6. The fraction of sp³-hybridized carbons (Fsp3) is 0.529. The van der Waals surface area contributed by atoms with Crippen molar-refractivity contribution in [2.24, 2.45) is 5.73 Å². The number of likely N-dealkylation sites (N-methyl/N-ethyl adjacent to an activating group) is 1. The van der Waals surface area contributed by atoms with Gasteiger partial charge in [-0.05, 0) is 25.1 Å². The lowest BCUT2D eigenvalue weighted by atomic mass is 10.0. The van der Waals surface area contributed by atoms with Gasteiger partial charge in [-0.3, -0.25) is 29.3 Å². The van der Waals surface area contributed by atoms with Gasteiger partial charge in [0.05, 0.1) is 11.0 Å². The van der Waals surface area contributed by atoms with Crippen molar-refractivity contribution in [1.82, 2.24) is 10.2 Å². The number of aldehydes is 1. The van der Waals surface area contributed by atoms with E-state index in [0.29, 0.717) is 12.8 Å². The minimum Gasteiger partial charge on any atom is -0.370 e. The first-order chi connectivity index (χ1) is 13.2. The summed E-state index contributed by atoms with van der Waals surface area (Å²) in [4.78, 5) is 56.9. The second kappa shape index (κ2) is 13.1. The maximum atomic E-state index is 12.7. The molecule has 2 amide bonds. The molecule has 0 saturated heterocycles. The van der Waals surface area contributed by atoms with Crippen LogP contribution in [-0.4, -0.2) is 59.5 Å². The van der Waals surface area contributed by atoms with Gasteiger partial charge in [0.25, 0.3) is 0 Å². The van der Waals surface area contributed by atoms with Crippen LogP contribution in [0, 0.1) is 10.1 Å². The molecule has 0 rings (SSSR count). The van der Waals surface area contributed by atoms with Gasteiger partial charge < -0.3 is 16.0 Å². The fourth-order valence-corrected chi connectivity index (χ4v) is 2.28. The molecule has 0 aromatic heterocycles. The second-order valence-corrected chi connectivity index (χ2v) is 5.94. The predicted octanol–water partition coefficient (Wildman–Crippen LogP) is 0.249. The number of ketones is 1. The molecule has 0 aliphatic heterocycles. The maximum absolute atomic E-state index is 12.7. The van der Waals surface area contributed by atoms with Crippen LogP contribution in [0.3, 0.4) is 0 Å². The number of nitrogens with zero attached hydrogens (tertiary/aromatic N) is 2. The van der Waals surface area contributed by atoms with E-state index in [-0.39, 0.29) is 19.1 Å². The minimum atomic E-state index is -1.29. The van der Waals surface area contributed by atoms with E-state index in [1.165, 1.54) is 24.2 Å². The van der Waals surface area contributed by atoms with Crippen LogP contribution >= 0.6 is 0 Å². The Kier molecular flexibility index (Phi) is 11.7. The number of amides is 2. The summed E-state index contributed by atoms with van der Waals surface area (Å²) in [6.07, 6.45) is 4.34. The number of allylic oxidation sites excluding steroid dienone is 3. The molecule has 156 valence electrons. The summed E-state index contributed by atoms with van der Waals surface area (Å²) in [7, 11) is 1.53. The molecule has 0 radical (unpaired) electrons. The third-order valence-electron chi connectivity index (χ3n) is 3.79. The maximum Gasteiger partial charge on any atom is 0.308 e. The van der Waals surface area contributed by atoms with Crippen molar-refractivity contribution in [3.8, 4) is 0 Å². The third-order valence-corrected chi connectivity index (χ3v) is 3.79. The quantitative estimate of drug-likeness (QED) is 0.139. The SMILES string of the molecule is CCCC(C(=O)NC(CCC(N)=O)C(=O)CF)N(C)/C=C\C=C(/C=O)[N+](=O)[O-]. The van der Waals surface area contributed by atoms with Crippen molar-refractivity contribution >= 4 is 23.9 Å². The first-order valence-electron chi connectivity index (χ1n) is 8.55. The van der Waals surface area contributed by atoms with Gasteiger partial charge in [-0.15, -0.1) is 0 Å². The molecule has 28 heavy (non-hydrogen) atoms. The number of primary amides is 1. The molecule has 0 spiro atoms. The number of carbonyl (C=O) groups is 4. The summed E-state index contributed by atoms with van der Waals surface area (Å²) in [5.41, 5.74) is 4.38. The molecule has 0 aliphatic carbocycles. The van der Waals surface area contributed by atoms with Crippen LogP contribution in [-0.2, 0) is 19.2 Å². The Morgan fingerprint density at radius 2 is 1.96 bits per heavy atom. The number of rotatable bonds is 14. The first-order valence-corrected chi connectivity index (χ1v) is 8.55. The van der Waals surface area contributed by atoms with Gasteiger partial charge in [-0.25, -0.2) is 4.39 Å². The molecule has 0 saturated carbocycles. The molecule has 11 heteroatoms. The average Bonchev–Trinajstić information content (AvgIpc) is 2.64. The fourth-order valence-electron chi connectivity index (χ4n) is 2.28. The number of halogens is 1. The number of nitrogens with two attached hydrogens (primary N) is 1. The Bertz CT molecular complexity index is 650. The van der Waals surface area contributed by atoms with Gasteiger partial charge in [0.2, 0.25) is 18.1 Å². The Balaban J connectivity index is 5.27. The Morgan fingerprint density at radius 3 is 2.43 bits per heavy atom. The van der Waals surface area contributed by atoms with Gasteiger partial charge in [0.15, 0.2) is 5.78 Å². The number of Topliss-reactive ketones (excluding diaryl/α,β-unsaturated/α-hetero) is 1. The average molecular weight is 400 g/mol. The van der Waals surface area contributed by atoms with Crippen molar-refractivity contribution in [3.05, 3.63) is 34.2 Å². The van der Waals surface area contributed by atoms with Gasteiger partial charge in [0, 0.05) is 19.5 Å². The lowest BCUT2D eigenvalue weighted by Gasteiger charge is -2.27. The summed E-state index contributed by atoms with van der Waals surface area (Å²) in [6, 6.07) is -1.94. The van der Waals surface area contributed by atoms with Crippen molar-refractivity contribution in [2.45, 2.75) is 44.7 Å². The molecule has 0 bridgehead atoms. The lowest BCUT2D eigenvalue weighted by molar-refractivity contribution is -0.417. The molecule has 0 heterocycles. The number of nitrogens with one attached hydrogen (secondary N) is 1. The summed E-state index contributed by atoms with van der Waals surface area (Å²) >= 11 is 0. The van der Waals surface area contributed by atoms with E-state index < -0.39 is 47.0 Å². The van der Waals surface area contributed by atoms with Crippen LogP contribution in [0.15, 0.2) is 24.0 Å². The number of hydrogen-bond donors (Lipinski definition) is 2. The zero-order chi connectivity index (χ0) is 21.7. The van der Waals surface area contributed by atoms with E-state index >= 15 is 0 Å². The van der Waals surface area contributed by atoms with Crippen LogP contribution < -0.4 is 11.1 Å². The van der Waals surface area contributed by atoms with Gasteiger partial charge in [0.1, 0.15) is 12.7 Å². The predicted molar refractivity (Wildman–Crippen MR) is 98.1 cm³/mol. The molecule has 10 nitrogen and oxygen atoms in total. The van der Waals surface area contributed by atoms with Gasteiger partial charge in [-0.2, -0.15) is 0 Å². The topological polar surface area (TPSA) is 153 Å². The van der Waals surface area contributed by atoms with Crippen molar-refractivity contribution in [3.63, 3.8) is 0 Å². The highest BCUT2D eigenvalue weighted by atomic mass is 19.1. The van der Waals surface area contributed by atoms with Gasteiger partial charge >= 0.3 is 5.70 Å². The highest BCUT2D eigenvalue weighted by Gasteiger charge is 2.26. The first kappa shape index (κ1) is 24.9. The Labute approximate surface area is 161 Å². The molecule has 0 aliphatic rings. The summed E-state index contributed by atoms with van der Waals surface area (Å²) < 4.78 is 12.7. The van der Waals surface area contributed by atoms with Crippen LogP contribution in [0.1, 0.15) is 32.6 Å². The number of carbonyl (C=O) groups excluding carboxylic acids is 4.